The third-order valence-electron chi connectivity index (χ3n) is 4.86. The minimum atomic E-state index is -0.276. The van der Waals surface area contributed by atoms with Gasteiger partial charge in [-0.05, 0) is 55.0 Å². The lowest BCUT2D eigenvalue weighted by atomic mass is 10.2. The summed E-state index contributed by atoms with van der Waals surface area (Å²) in [6.45, 7) is 0.851. The highest BCUT2D eigenvalue weighted by Gasteiger charge is 2.17. The number of urea groups is 1. The number of ether oxygens (including phenoxy) is 2. The highest BCUT2D eigenvalue weighted by Crippen LogP contribution is 2.24. The summed E-state index contributed by atoms with van der Waals surface area (Å²) in [6.07, 6.45) is 0.579. The number of nitrogens with one attached hydrogen (secondary N) is 2. The molecule has 32 heavy (non-hydrogen) atoms. The van der Waals surface area contributed by atoms with Crippen LogP contribution in [0, 0.1) is 0 Å². The molecule has 7 nitrogen and oxygen atoms in total. The Hall–Kier alpha value is -4.00. The van der Waals surface area contributed by atoms with Crippen LogP contribution in [0.25, 0.3) is 0 Å². The molecule has 166 valence electrons. The summed E-state index contributed by atoms with van der Waals surface area (Å²) in [5.41, 5.74) is 1.91. The first-order valence-corrected chi connectivity index (χ1v) is 10.3. The van der Waals surface area contributed by atoms with E-state index in [2.05, 4.69) is 10.6 Å². The standard InChI is InChI=1S/C25H27N3O4/c1-31-21-15-13-19(14-16-21)24(29)26-17-8-18-28(20-9-4-3-5-10-20)25(30)27-22-11-6-7-12-23(22)32-2/h3-7,9-16H,8,17-18H2,1-2H3,(H,26,29)(H,27,30). The molecule has 3 aromatic carbocycles. The Morgan fingerprint density at radius 1 is 0.844 bits per heavy atom. The van der Waals surface area contributed by atoms with E-state index in [1.54, 1.807) is 55.5 Å². The summed E-state index contributed by atoms with van der Waals surface area (Å²) in [6, 6.07) is 23.3. The molecule has 0 heterocycles. The smallest absolute Gasteiger partial charge is 0.326 e. The maximum atomic E-state index is 13.1. The molecule has 2 N–H and O–H groups in total. The highest BCUT2D eigenvalue weighted by molar-refractivity contribution is 6.02. The van der Waals surface area contributed by atoms with Crippen LogP contribution in [-0.2, 0) is 0 Å². The molecule has 3 rings (SSSR count). The zero-order valence-electron chi connectivity index (χ0n) is 18.2. The van der Waals surface area contributed by atoms with Crippen molar-refractivity contribution in [3.63, 3.8) is 0 Å². The molecule has 0 aliphatic carbocycles. The Kier molecular flexibility index (Phi) is 8.09. The molecule has 0 fully saturated rings. The molecule has 0 atom stereocenters. The van der Waals surface area contributed by atoms with Gasteiger partial charge in [0.1, 0.15) is 11.5 Å². The molecular weight excluding hydrogens is 406 g/mol. The lowest BCUT2D eigenvalue weighted by Crippen LogP contribution is -2.37. The quantitative estimate of drug-likeness (QED) is 0.485. The Labute approximate surface area is 188 Å². The van der Waals surface area contributed by atoms with E-state index < -0.39 is 0 Å². The lowest BCUT2D eigenvalue weighted by Gasteiger charge is -2.24. The molecule has 0 unspecified atom stereocenters. The summed E-state index contributed by atoms with van der Waals surface area (Å²) in [4.78, 5) is 27.0. The van der Waals surface area contributed by atoms with Crippen molar-refractivity contribution in [3.05, 3.63) is 84.4 Å². The number of hydrogen-bond acceptors (Lipinski definition) is 4. The Morgan fingerprint density at radius 3 is 2.22 bits per heavy atom. The van der Waals surface area contributed by atoms with Gasteiger partial charge in [0.15, 0.2) is 0 Å². The van der Waals surface area contributed by atoms with Crippen LogP contribution in [0.5, 0.6) is 11.5 Å². The Bertz CT molecular complexity index is 1020. The zero-order valence-corrected chi connectivity index (χ0v) is 18.2. The number of para-hydroxylation sites is 3. The number of benzene rings is 3. The van der Waals surface area contributed by atoms with Gasteiger partial charge in [-0.25, -0.2) is 4.79 Å². The first kappa shape index (κ1) is 22.7. The molecule has 7 heteroatoms. The van der Waals surface area contributed by atoms with Crippen LogP contribution in [0.2, 0.25) is 0 Å². The first-order chi connectivity index (χ1) is 15.6. The number of carbonyl (C=O) groups excluding carboxylic acids is 2. The number of nitrogens with zero attached hydrogens (tertiary/aromatic N) is 1. The van der Waals surface area contributed by atoms with Gasteiger partial charge in [-0.2, -0.15) is 0 Å². The van der Waals surface area contributed by atoms with E-state index in [0.29, 0.717) is 42.3 Å². The molecule has 0 saturated carbocycles. The summed E-state index contributed by atoms with van der Waals surface area (Å²) >= 11 is 0. The van der Waals surface area contributed by atoms with E-state index in [-0.39, 0.29) is 11.9 Å². The molecule has 3 aromatic rings. The number of rotatable bonds is 9. The summed E-state index contributed by atoms with van der Waals surface area (Å²) < 4.78 is 10.4. The van der Waals surface area contributed by atoms with Crippen LogP contribution in [0.15, 0.2) is 78.9 Å². The van der Waals surface area contributed by atoms with Gasteiger partial charge in [-0.3, -0.25) is 9.69 Å². The fraction of sp³-hybridized carbons (Fsp3) is 0.200. The predicted molar refractivity (Wildman–Crippen MR) is 126 cm³/mol. The number of methoxy groups -OCH3 is 2. The van der Waals surface area contributed by atoms with Crippen LogP contribution < -0.4 is 25.0 Å². The van der Waals surface area contributed by atoms with Crippen molar-refractivity contribution in [1.29, 1.82) is 0 Å². The van der Waals surface area contributed by atoms with Crippen molar-refractivity contribution < 1.29 is 19.1 Å². The van der Waals surface area contributed by atoms with E-state index in [1.807, 2.05) is 42.5 Å². The van der Waals surface area contributed by atoms with Crippen molar-refractivity contribution in [2.45, 2.75) is 6.42 Å². The van der Waals surface area contributed by atoms with Gasteiger partial charge in [-0.15, -0.1) is 0 Å². The van der Waals surface area contributed by atoms with Gasteiger partial charge in [0.25, 0.3) is 5.91 Å². The fourth-order valence-electron chi connectivity index (χ4n) is 3.17. The molecule has 3 amide bonds. The van der Waals surface area contributed by atoms with Gasteiger partial charge in [-0.1, -0.05) is 30.3 Å². The van der Waals surface area contributed by atoms with Crippen molar-refractivity contribution >= 4 is 23.3 Å². The topological polar surface area (TPSA) is 79.9 Å². The van der Waals surface area contributed by atoms with Gasteiger partial charge in [0, 0.05) is 24.3 Å². The van der Waals surface area contributed by atoms with Crippen LogP contribution >= 0.6 is 0 Å². The minimum Gasteiger partial charge on any atom is -0.497 e. The van der Waals surface area contributed by atoms with Crippen molar-refractivity contribution in [2.24, 2.45) is 0 Å². The van der Waals surface area contributed by atoms with E-state index in [1.165, 1.54) is 0 Å². The second-order valence-corrected chi connectivity index (χ2v) is 6.96. The van der Waals surface area contributed by atoms with Crippen LogP contribution in [-0.4, -0.2) is 39.2 Å². The second kappa shape index (κ2) is 11.4. The third-order valence-corrected chi connectivity index (χ3v) is 4.86. The van der Waals surface area contributed by atoms with Gasteiger partial charge in [0.05, 0.1) is 19.9 Å². The first-order valence-electron chi connectivity index (χ1n) is 10.3. The summed E-state index contributed by atoms with van der Waals surface area (Å²) in [5.74, 6) is 1.11. The van der Waals surface area contributed by atoms with Crippen molar-refractivity contribution in [1.82, 2.24) is 5.32 Å². The van der Waals surface area contributed by atoms with Crippen molar-refractivity contribution in [3.8, 4) is 11.5 Å². The number of carbonyl (C=O) groups is 2. The maximum absolute atomic E-state index is 13.1. The average molecular weight is 434 g/mol. The van der Waals surface area contributed by atoms with Crippen molar-refractivity contribution in [2.75, 3.05) is 37.5 Å². The SMILES string of the molecule is COc1ccc(C(=O)NCCCN(C(=O)Nc2ccccc2OC)c2ccccc2)cc1. The van der Waals surface area contributed by atoms with Gasteiger partial charge < -0.3 is 20.1 Å². The summed E-state index contributed by atoms with van der Waals surface area (Å²) in [7, 11) is 3.14. The van der Waals surface area contributed by atoms with Crippen LogP contribution in [0.4, 0.5) is 16.2 Å². The third kappa shape index (κ3) is 6.01. The number of hydrogen-bond donors (Lipinski definition) is 2. The normalized spacial score (nSPS) is 10.2. The monoisotopic (exact) mass is 433 g/mol. The van der Waals surface area contributed by atoms with Crippen LogP contribution in [0.1, 0.15) is 16.8 Å². The lowest BCUT2D eigenvalue weighted by molar-refractivity contribution is 0.0953. The van der Waals surface area contributed by atoms with Crippen LogP contribution in [0.3, 0.4) is 0 Å². The number of anilines is 2. The molecule has 0 radical (unpaired) electrons. The Morgan fingerprint density at radius 2 is 1.53 bits per heavy atom. The second-order valence-electron chi connectivity index (χ2n) is 6.96. The molecule has 0 spiro atoms. The minimum absolute atomic E-state index is 0.169. The van der Waals surface area contributed by atoms with E-state index in [4.69, 9.17) is 9.47 Å². The van der Waals surface area contributed by atoms with E-state index >= 15 is 0 Å². The largest absolute Gasteiger partial charge is 0.497 e. The van der Waals surface area contributed by atoms with Gasteiger partial charge in [0.2, 0.25) is 0 Å². The predicted octanol–water partition coefficient (Wildman–Crippen LogP) is 4.56. The van der Waals surface area contributed by atoms with Gasteiger partial charge >= 0.3 is 6.03 Å². The molecule has 0 aromatic heterocycles. The molecule has 0 bridgehead atoms. The highest BCUT2D eigenvalue weighted by atomic mass is 16.5. The molecular formula is C25H27N3O4. The molecule has 0 saturated heterocycles. The fourth-order valence-corrected chi connectivity index (χ4v) is 3.17. The number of amides is 3. The molecule has 0 aliphatic rings. The zero-order chi connectivity index (χ0) is 22.8. The maximum Gasteiger partial charge on any atom is 0.326 e. The summed E-state index contributed by atoms with van der Waals surface area (Å²) in [5, 5.41) is 5.80. The Balaban J connectivity index is 1.61. The average Bonchev–Trinajstić information content (AvgIpc) is 2.84. The van der Waals surface area contributed by atoms with E-state index in [9.17, 15) is 9.59 Å². The van der Waals surface area contributed by atoms with E-state index in [0.717, 1.165) is 5.69 Å². The molecule has 0 aliphatic heterocycles.